The predicted molar refractivity (Wildman–Crippen MR) is 89.9 cm³/mol. The van der Waals surface area contributed by atoms with Crippen molar-refractivity contribution in [2.24, 2.45) is 0 Å². The Morgan fingerprint density at radius 1 is 1.14 bits per heavy atom. The summed E-state index contributed by atoms with van der Waals surface area (Å²) in [5, 5.41) is 2.89. The van der Waals surface area contributed by atoms with Crippen LogP contribution < -0.4 is 10.2 Å². The highest BCUT2D eigenvalue weighted by Crippen LogP contribution is 2.29. The van der Waals surface area contributed by atoms with Crippen LogP contribution in [0.1, 0.15) is 23.2 Å². The van der Waals surface area contributed by atoms with Crippen LogP contribution in [0.25, 0.3) is 0 Å². The van der Waals surface area contributed by atoms with Gasteiger partial charge < -0.3 is 10.2 Å². The summed E-state index contributed by atoms with van der Waals surface area (Å²) in [5.41, 5.74) is 2.08. The summed E-state index contributed by atoms with van der Waals surface area (Å²) >= 11 is 3.09. The van der Waals surface area contributed by atoms with Crippen LogP contribution >= 0.6 is 15.9 Å². The third-order valence-corrected chi connectivity index (χ3v) is 4.42. The van der Waals surface area contributed by atoms with Crippen molar-refractivity contribution >= 4 is 33.2 Å². The van der Waals surface area contributed by atoms with Crippen molar-refractivity contribution in [1.29, 1.82) is 0 Å². The number of rotatable bonds is 3. The molecule has 0 aliphatic carbocycles. The Labute approximate surface area is 137 Å². The minimum absolute atomic E-state index is 0.303. The molecule has 1 N–H and O–H groups in total. The minimum atomic E-state index is -0.444. The van der Waals surface area contributed by atoms with Gasteiger partial charge in [0.15, 0.2) is 0 Å². The first kappa shape index (κ1) is 15.0. The maximum absolute atomic E-state index is 13.6. The Morgan fingerprint density at radius 2 is 1.86 bits per heavy atom. The fourth-order valence-corrected chi connectivity index (χ4v) is 2.89. The quantitative estimate of drug-likeness (QED) is 0.875. The van der Waals surface area contributed by atoms with E-state index in [4.69, 9.17) is 0 Å². The molecule has 1 fully saturated rings. The molecule has 0 spiro atoms. The number of carbonyl (C=O) groups is 1. The highest BCUT2D eigenvalue weighted by atomic mass is 79.9. The van der Waals surface area contributed by atoms with Crippen molar-refractivity contribution in [2.45, 2.75) is 12.8 Å². The van der Waals surface area contributed by atoms with Gasteiger partial charge in [0.2, 0.25) is 0 Å². The number of halogens is 2. The molecular formula is C17H16BrFN2O. The molecule has 1 aliphatic rings. The predicted octanol–water partition coefficient (Wildman–Crippen LogP) is 4.44. The van der Waals surface area contributed by atoms with Gasteiger partial charge in [-0.25, -0.2) is 4.39 Å². The first-order valence-corrected chi connectivity index (χ1v) is 8.05. The van der Waals surface area contributed by atoms with Crippen LogP contribution in [-0.4, -0.2) is 19.0 Å². The van der Waals surface area contributed by atoms with E-state index in [1.807, 2.05) is 24.3 Å². The fraction of sp³-hybridized carbons (Fsp3) is 0.235. The van der Waals surface area contributed by atoms with Crippen molar-refractivity contribution < 1.29 is 9.18 Å². The first-order valence-electron chi connectivity index (χ1n) is 7.25. The molecule has 0 unspecified atom stereocenters. The monoisotopic (exact) mass is 362 g/mol. The number of para-hydroxylation sites is 2. The standard InChI is InChI=1S/C17H16BrFN2O/c18-13-8-7-12(11-14(13)19)17(22)20-15-5-1-2-6-16(15)21-9-3-4-10-21/h1-2,5-8,11H,3-4,9-10H2,(H,20,22). The molecule has 5 heteroatoms. The Hall–Kier alpha value is -1.88. The highest BCUT2D eigenvalue weighted by molar-refractivity contribution is 9.10. The van der Waals surface area contributed by atoms with E-state index in [1.54, 1.807) is 6.07 Å². The molecule has 0 atom stereocenters. The van der Waals surface area contributed by atoms with Gasteiger partial charge >= 0.3 is 0 Å². The van der Waals surface area contributed by atoms with Gasteiger partial charge in [-0.3, -0.25) is 4.79 Å². The Balaban J connectivity index is 1.83. The van der Waals surface area contributed by atoms with E-state index in [-0.39, 0.29) is 5.91 Å². The number of nitrogens with zero attached hydrogens (tertiary/aromatic N) is 1. The minimum Gasteiger partial charge on any atom is -0.370 e. The smallest absolute Gasteiger partial charge is 0.255 e. The van der Waals surface area contributed by atoms with Crippen molar-refractivity contribution in [3.63, 3.8) is 0 Å². The van der Waals surface area contributed by atoms with Crippen LogP contribution in [0.15, 0.2) is 46.9 Å². The number of hydrogen-bond donors (Lipinski definition) is 1. The molecule has 22 heavy (non-hydrogen) atoms. The molecule has 1 aliphatic heterocycles. The van der Waals surface area contributed by atoms with E-state index in [0.29, 0.717) is 10.0 Å². The summed E-state index contributed by atoms with van der Waals surface area (Å²) in [4.78, 5) is 14.6. The van der Waals surface area contributed by atoms with E-state index in [0.717, 1.165) is 24.5 Å². The highest BCUT2D eigenvalue weighted by Gasteiger charge is 2.17. The summed E-state index contributed by atoms with van der Waals surface area (Å²) in [5.74, 6) is -0.751. The van der Waals surface area contributed by atoms with Gasteiger partial charge in [0.1, 0.15) is 5.82 Å². The summed E-state index contributed by atoms with van der Waals surface area (Å²) in [7, 11) is 0. The van der Waals surface area contributed by atoms with Gasteiger partial charge in [-0.05, 0) is 59.1 Å². The molecule has 3 nitrogen and oxygen atoms in total. The molecule has 2 aromatic carbocycles. The normalized spacial score (nSPS) is 14.2. The third kappa shape index (κ3) is 3.14. The second-order valence-corrected chi connectivity index (χ2v) is 6.15. The van der Waals surface area contributed by atoms with Gasteiger partial charge in [0, 0.05) is 18.7 Å². The Morgan fingerprint density at radius 3 is 2.59 bits per heavy atom. The van der Waals surface area contributed by atoms with Crippen molar-refractivity contribution in [3.8, 4) is 0 Å². The molecule has 1 heterocycles. The van der Waals surface area contributed by atoms with Gasteiger partial charge in [-0.2, -0.15) is 0 Å². The largest absolute Gasteiger partial charge is 0.370 e. The van der Waals surface area contributed by atoms with Gasteiger partial charge in [0.05, 0.1) is 15.8 Å². The van der Waals surface area contributed by atoms with E-state index in [9.17, 15) is 9.18 Å². The fourth-order valence-electron chi connectivity index (χ4n) is 2.64. The van der Waals surface area contributed by atoms with Gasteiger partial charge in [-0.15, -0.1) is 0 Å². The lowest BCUT2D eigenvalue weighted by atomic mass is 10.2. The summed E-state index contributed by atoms with van der Waals surface area (Å²) in [6.07, 6.45) is 2.33. The van der Waals surface area contributed by atoms with E-state index >= 15 is 0 Å². The maximum atomic E-state index is 13.6. The molecule has 0 bridgehead atoms. The average molecular weight is 363 g/mol. The number of anilines is 2. The zero-order chi connectivity index (χ0) is 15.5. The molecule has 114 valence electrons. The van der Waals surface area contributed by atoms with Gasteiger partial charge in [-0.1, -0.05) is 12.1 Å². The maximum Gasteiger partial charge on any atom is 0.255 e. The molecule has 1 amide bonds. The number of hydrogen-bond acceptors (Lipinski definition) is 2. The molecule has 0 aromatic heterocycles. The van der Waals surface area contributed by atoms with Crippen LogP contribution in [-0.2, 0) is 0 Å². The first-order chi connectivity index (χ1) is 10.6. The lowest BCUT2D eigenvalue weighted by Gasteiger charge is -2.21. The van der Waals surface area contributed by atoms with Gasteiger partial charge in [0.25, 0.3) is 5.91 Å². The summed E-state index contributed by atoms with van der Waals surface area (Å²) in [6, 6.07) is 12.1. The SMILES string of the molecule is O=C(Nc1ccccc1N1CCCC1)c1ccc(Br)c(F)c1. The Kier molecular flexibility index (Phi) is 4.43. The molecular weight excluding hydrogens is 347 g/mol. The second kappa shape index (κ2) is 6.48. The number of benzene rings is 2. The molecule has 0 radical (unpaired) electrons. The van der Waals surface area contributed by atoms with Crippen LogP contribution in [0.3, 0.4) is 0 Å². The topological polar surface area (TPSA) is 32.3 Å². The number of amides is 1. The van der Waals surface area contributed by atoms with Crippen molar-refractivity contribution in [1.82, 2.24) is 0 Å². The van der Waals surface area contributed by atoms with Crippen LogP contribution in [0.4, 0.5) is 15.8 Å². The number of nitrogens with one attached hydrogen (secondary N) is 1. The lowest BCUT2D eigenvalue weighted by Crippen LogP contribution is -2.21. The van der Waals surface area contributed by atoms with Crippen LogP contribution in [0, 0.1) is 5.82 Å². The summed E-state index contributed by atoms with van der Waals surface area (Å²) in [6.45, 7) is 2.00. The number of carbonyl (C=O) groups excluding carboxylic acids is 1. The van der Waals surface area contributed by atoms with E-state index in [1.165, 1.54) is 25.0 Å². The lowest BCUT2D eigenvalue weighted by molar-refractivity contribution is 0.102. The molecule has 1 saturated heterocycles. The zero-order valence-corrected chi connectivity index (χ0v) is 13.6. The Bertz CT molecular complexity index is 699. The summed E-state index contributed by atoms with van der Waals surface area (Å²) < 4.78 is 13.9. The zero-order valence-electron chi connectivity index (χ0n) is 12.0. The molecule has 0 saturated carbocycles. The average Bonchev–Trinajstić information content (AvgIpc) is 3.04. The van der Waals surface area contributed by atoms with Crippen LogP contribution in [0.5, 0.6) is 0 Å². The molecule has 3 rings (SSSR count). The third-order valence-electron chi connectivity index (χ3n) is 3.78. The molecule has 2 aromatic rings. The van der Waals surface area contributed by atoms with E-state index < -0.39 is 5.82 Å². The van der Waals surface area contributed by atoms with Crippen molar-refractivity contribution in [2.75, 3.05) is 23.3 Å². The van der Waals surface area contributed by atoms with E-state index in [2.05, 4.69) is 26.1 Å². The van der Waals surface area contributed by atoms with Crippen molar-refractivity contribution in [3.05, 3.63) is 58.3 Å². The second-order valence-electron chi connectivity index (χ2n) is 5.29. The van der Waals surface area contributed by atoms with Crippen LogP contribution in [0.2, 0.25) is 0 Å².